The Morgan fingerprint density at radius 1 is 0.895 bits per heavy atom. The van der Waals surface area contributed by atoms with Crippen molar-refractivity contribution in [3.8, 4) is 11.5 Å². The first-order chi connectivity index (χ1) is 9.28. The molecule has 19 heavy (non-hydrogen) atoms. The largest absolute Gasteiger partial charge is 0.497 e. The number of hydrogen-bond donors (Lipinski definition) is 0. The van der Waals surface area contributed by atoms with Gasteiger partial charge in [-0.15, -0.1) is 11.6 Å². The van der Waals surface area contributed by atoms with Gasteiger partial charge >= 0.3 is 0 Å². The average Bonchev–Trinajstić information content (AvgIpc) is 2.48. The number of hydrogen-bond acceptors (Lipinski definition) is 2. The summed E-state index contributed by atoms with van der Waals surface area (Å²) >= 11 is 6.15. The third kappa shape index (κ3) is 3.21. The molecule has 0 amide bonds. The molecule has 2 nitrogen and oxygen atoms in total. The van der Waals surface area contributed by atoms with E-state index in [2.05, 4.69) is 12.1 Å². The summed E-state index contributed by atoms with van der Waals surface area (Å²) in [6, 6.07) is 16.1. The Morgan fingerprint density at radius 2 is 1.47 bits per heavy atom. The maximum Gasteiger partial charge on any atom is 0.122 e. The lowest BCUT2D eigenvalue weighted by Crippen LogP contribution is -2.03. The maximum absolute atomic E-state index is 6.15. The van der Waals surface area contributed by atoms with Crippen LogP contribution in [0.4, 0.5) is 0 Å². The molecule has 0 aliphatic rings. The minimum absolute atomic E-state index is 0.131. The van der Waals surface area contributed by atoms with Crippen LogP contribution in [0, 0.1) is 0 Å². The summed E-state index contributed by atoms with van der Waals surface area (Å²) in [5.41, 5.74) is 2.28. The molecule has 1 unspecified atom stereocenters. The molecule has 0 fully saturated rings. The Kier molecular flexibility index (Phi) is 4.69. The Bertz CT molecular complexity index is 503. The first-order valence-corrected chi connectivity index (χ1v) is 6.65. The molecule has 0 heterocycles. The normalized spacial score (nSPS) is 11.9. The number of ether oxygens (including phenoxy) is 2. The molecule has 0 aliphatic carbocycles. The Morgan fingerprint density at radius 3 is 1.95 bits per heavy atom. The molecular weight excluding hydrogens is 260 g/mol. The van der Waals surface area contributed by atoms with Crippen LogP contribution < -0.4 is 9.47 Å². The molecule has 1 atom stereocenters. The van der Waals surface area contributed by atoms with Crippen LogP contribution in [0.5, 0.6) is 11.5 Å². The van der Waals surface area contributed by atoms with Crippen LogP contribution in [0.15, 0.2) is 48.5 Å². The van der Waals surface area contributed by atoms with Gasteiger partial charge in [-0.05, 0) is 23.3 Å². The maximum atomic E-state index is 6.15. The molecule has 0 aromatic heterocycles. The van der Waals surface area contributed by atoms with E-state index in [0.29, 0.717) is 5.88 Å². The van der Waals surface area contributed by atoms with Gasteiger partial charge in [-0.25, -0.2) is 0 Å². The van der Waals surface area contributed by atoms with Gasteiger partial charge in [-0.2, -0.15) is 0 Å². The molecule has 0 N–H and O–H groups in total. The molecule has 0 spiro atoms. The summed E-state index contributed by atoms with van der Waals surface area (Å²) in [4.78, 5) is 0. The van der Waals surface area contributed by atoms with Crippen molar-refractivity contribution in [3.05, 3.63) is 59.7 Å². The van der Waals surface area contributed by atoms with Crippen molar-refractivity contribution in [1.82, 2.24) is 0 Å². The van der Waals surface area contributed by atoms with Gasteiger partial charge in [-0.1, -0.05) is 30.3 Å². The van der Waals surface area contributed by atoms with Gasteiger partial charge in [-0.3, -0.25) is 0 Å². The van der Waals surface area contributed by atoms with Gasteiger partial charge in [0.1, 0.15) is 11.5 Å². The molecule has 0 bridgehead atoms. The zero-order chi connectivity index (χ0) is 13.7. The lowest BCUT2D eigenvalue weighted by Gasteiger charge is -2.17. The summed E-state index contributed by atoms with van der Waals surface area (Å²) in [6.07, 6.45) is 0. The second-order valence-corrected chi connectivity index (χ2v) is 4.57. The van der Waals surface area contributed by atoms with Crippen molar-refractivity contribution >= 4 is 11.6 Å². The highest BCUT2D eigenvalue weighted by Gasteiger charge is 2.15. The number of alkyl halides is 1. The van der Waals surface area contributed by atoms with Crippen LogP contribution in [0.25, 0.3) is 0 Å². The van der Waals surface area contributed by atoms with Gasteiger partial charge in [0.2, 0.25) is 0 Å². The minimum Gasteiger partial charge on any atom is -0.497 e. The Balaban J connectivity index is 2.43. The van der Waals surface area contributed by atoms with Crippen LogP contribution in [0.1, 0.15) is 17.0 Å². The molecule has 3 heteroatoms. The molecule has 2 aromatic carbocycles. The van der Waals surface area contributed by atoms with Crippen molar-refractivity contribution in [1.29, 1.82) is 0 Å². The molecule has 0 radical (unpaired) electrons. The number of halogens is 1. The van der Waals surface area contributed by atoms with Crippen molar-refractivity contribution in [2.75, 3.05) is 20.1 Å². The van der Waals surface area contributed by atoms with Gasteiger partial charge in [0.15, 0.2) is 0 Å². The van der Waals surface area contributed by atoms with E-state index in [-0.39, 0.29) is 5.92 Å². The van der Waals surface area contributed by atoms with E-state index in [1.54, 1.807) is 14.2 Å². The SMILES string of the molecule is COc1cc(OC)cc(C(CCl)c2ccccc2)c1. The number of methoxy groups -OCH3 is 2. The van der Waals surface area contributed by atoms with Crippen LogP contribution in [-0.4, -0.2) is 20.1 Å². The van der Waals surface area contributed by atoms with Gasteiger partial charge in [0.05, 0.1) is 14.2 Å². The summed E-state index contributed by atoms with van der Waals surface area (Å²) in [5.74, 6) is 2.20. The van der Waals surface area contributed by atoms with E-state index in [9.17, 15) is 0 Å². The van der Waals surface area contributed by atoms with Crippen LogP contribution in [-0.2, 0) is 0 Å². The topological polar surface area (TPSA) is 18.5 Å². The van der Waals surface area contributed by atoms with Crippen LogP contribution in [0.2, 0.25) is 0 Å². The standard InChI is InChI=1S/C16H17ClO2/c1-18-14-8-13(9-15(10-14)19-2)16(11-17)12-6-4-3-5-7-12/h3-10,16H,11H2,1-2H3. The van der Waals surface area contributed by atoms with E-state index in [1.165, 1.54) is 5.56 Å². The average molecular weight is 277 g/mol. The summed E-state index contributed by atoms with van der Waals surface area (Å²) < 4.78 is 10.6. The molecule has 0 saturated carbocycles. The van der Waals surface area contributed by atoms with Crippen molar-refractivity contribution in [2.45, 2.75) is 5.92 Å². The fourth-order valence-corrected chi connectivity index (χ4v) is 2.44. The number of rotatable bonds is 5. The fourth-order valence-electron chi connectivity index (χ4n) is 2.09. The van der Waals surface area contributed by atoms with Crippen molar-refractivity contribution in [3.63, 3.8) is 0 Å². The monoisotopic (exact) mass is 276 g/mol. The van der Waals surface area contributed by atoms with E-state index < -0.39 is 0 Å². The van der Waals surface area contributed by atoms with Crippen molar-refractivity contribution in [2.24, 2.45) is 0 Å². The third-order valence-corrected chi connectivity index (χ3v) is 3.44. The molecule has 2 aromatic rings. The Labute approximate surface area is 118 Å². The fraction of sp³-hybridized carbons (Fsp3) is 0.250. The highest BCUT2D eigenvalue weighted by atomic mass is 35.5. The molecule has 2 rings (SSSR count). The van der Waals surface area contributed by atoms with Crippen LogP contribution >= 0.6 is 11.6 Å². The molecule has 100 valence electrons. The Hall–Kier alpha value is -1.67. The quantitative estimate of drug-likeness (QED) is 0.766. The summed E-state index contributed by atoms with van der Waals surface area (Å²) in [7, 11) is 3.30. The van der Waals surface area contributed by atoms with Gasteiger partial charge < -0.3 is 9.47 Å². The summed E-state index contributed by atoms with van der Waals surface area (Å²) in [5, 5.41) is 0. The zero-order valence-electron chi connectivity index (χ0n) is 11.1. The van der Waals surface area contributed by atoms with E-state index in [1.807, 2.05) is 36.4 Å². The first-order valence-electron chi connectivity index (χ1n) is 6.12. The lowest BCUT2D eigenvalue weighted by molar-refractivity contribution is 0.393. The van der Waals surface area contributed by atoms with E-state index in [4.69, 9.17) is 21.1 Å². The molecule has 0 aliphatic heterocycles. The van der Waals surface area contributed by atoms with Gasteiger partial charge in [0, 0.05) is 17.9 Å². The highest BCUT2D eigenvalue weighted by Crippen LogP contribution is 2.32. The second kappa shape index (κ2) is 6.48. The van der Waals surface area contributed by atoms with Crippen molar-refractivity contribution < 1.29 is 9.47 Å². The van der Waals surface area contributed by atoms with Crippen LogP contribution in [0.3, 0.4) is 0 Å². The van der Waals surface area contributed by atoms with E-state index in [0.717, 1.165) is 17.1 Å². The molecular formula is C16H17ClO2. The predicted molar refractivity (Wildman–Crippen MR) is 78.6 cm³/mol. The second-order valence-electron chi connectivity index (χ2n) is 4.26. The predicted octanol–water partition coefficient (Wildman–Crippen LogP) is 4.07. The van der Waals surface area contributed by atoms with Gasteiger partial charge in [0.25, 0.3) is 0 Å². The molecule has 0 saturated heterocycles. The number of benzene rings is 2. The first kappa shape index (κ1) is 13.8. The minimum atomic E-state index is 0.131. The third-order valence-electron chi connectivity index (χ3n) is 3.13. The van der Waals surface area contributed by atoms with E-state index >= 15 is 0 Å². The highest BCUT2D eigenvalue weighted by molar-refractivity contribution is 6.18. The zero-order valence-corrected chi connectivity index (χ0v) is 11.9. The summed E-state index contributed by atoms with van der Waals surface area (Å²) in [6.45, 7) is 0. The smallest absolute Gasteiger partial charge is 0.122 e. The lowest BCUT2D eigenvalue weighted by atomic mass is 9.92.